The third-order valence-electron chi connectivity index (χ3n) is 7.15. The number of benzene rings is 1. The van der Waals surface area contributed by atoms with Gasteiger partial charge in [-0.3, -0.25) is 0 Å². The number of aryl methyl sites for hydroxylation is 1. The van der Waals surface area contributed by atoms with Crippen LogP contribution in [0.3, 0.4) is 0 Å². The fourth-order valence-corrected chi connectivity index (χ4v) is 5.90. The molecule has 23 heavy (non-hydrogen) atoms. The second-order valence-corrected chi connectivity index (χ2v) is 8.01. The first-order valence-corrected chi connectivity index (χ1v) is 8.94. The zero-order valence-electron chi connectivity index (χ0n) is 13.6. The molecule has 0 bridgehead atoms. The van der Waals surface area contributed by atoms with E-state index in [1.54, 1.807) is 0 Å². The smallest absolute Gasteiger partial charge is 0.232 e. The van der Waals surface area contributed by atoms with Gasteiger partial charge in [-0.15, -0.1) is 4.89 Å². The average Bonchev–Trinajstić information content (AvgIpc) is 2.88. The van der Waals surface area contributed by atoms with E-state index in [2.05, 4.69) is 19.1 Å². The Kier molecular flexibility index (Phi) is 2.99. The molecule has 5 rings (SSSR count). The molecule has 0 unspecified atom stereocenters. The Balaban J connectivity index is 1.53. The van der Waals surface area contributed by atoms with E-state index in [1.807, 2.05) is 0 Å². The second-order valence-electron chi connectivity index (χ2n) is 8.01. The lowest BCUT2D eigenvalue weighted by Crippen LogP contribution is -2.43. The standard InChI is InChI=1S/C19H24O4/c1-19-7-6-12-13(15(19)4-5-18(19)20)3-2-11-8-17-16(9-14(11)12)21-10-22-23-17/h8-9,12-13,15,18,20H,2-7,10H2,1H3/t12-,13+,15-,18-,19-/m0/s1. The van der Waals surface area contributed by atoms with E-state index in [4.69, 9.17) is 14.5 Å². The van der Waals surface area contributed by atoms with Crippen molar-refractivity contribution in [3.63, 3.8) is 0 Å². The van der Waals surface area contributed by atoms with Crippen LogP contribution in [0.5, 0.6) is 11.5 Å². The van der Waals surface area contributed by atoms with Crippen LogP contribution in [0.1, 0.15) is 56.1 Å². The molecular formula is C19H24O4. The van der Waals surface area contributed by atoms with Gasteiger partial charge in [-0.25, -0.2) is 0 Å². The largest absolute Gasteiger partial charge is 0.459 e. The van der Waals surface area contributed by atoms with Crippen LogP contribution in [0, 0.1) is 17.3 Å². The molecule has 5 atom stereocenters. The Bertz CT molecular complexity index is 643. The summed E-state index contributed by atoms with van der Waals surface area (Å²) in [6.07, 6.45) is 6.70. The van der Waals surface area contributed by atoms with Crippen molar-refractivity contribution in [1.82, 2.24) is 0 Å². The average molecular weight is 316 g/mol. The maximum absolute atomic E-state index is 10.5. The lowest BCUT2D eigenvalue weighted by molar-refractivity contribution is -0.263. The van der Waals surface area contributed by atoms with E-state index in [0.29, 0.717) is 23.5 Å². The molecule has 1 N–H and O–H groups in total. The molecule has 2 saturated carbocycles. The van der Waals surface area contributed by atoms with Crippen LogP contribution in [0.25, 0.3) is 0 Å². The third kappa shape index (κ3) is 1.91. The molecule has 1 aromatic carbocycles. The number of aliphatic hydroxyl groups excluding tert-OH is 1. The summed E-state index contributed by atoms with van der Waals surface area (Å²) in [5, 5.41) is 10.5. The zero-order valence-corrected chi connectivity index (χ0v) is 13.6. The quantitative estimate of drug-likeness (QED) is 0.744. The highest BCUT2D eigenvalue weighted by molar-refractivity contribution is 5.50. The van der Waals surface area contributed by atoms with Crippen molar-refractivity contribution < 1.29 is 19.6 Å². The first kappa shape index (κ1) is 14.1. The Hall–Kier alpha value is -1.26. The number of hydrogen-bond acceptors (Lipinski definition) is 4. The molecule has 124 valence electrons. The summed E-state index contributed by atoms with van der Waals surface area (Å²) >= 11 is 0. The summed E-state index contributed by atoms with van der Waals surface area (Å²) in [7, 11) is 0. The number of ether oxygens (including phenoxy) is 1. The van der Waals surface area contributed by atoms with Crippen LogP contribution < -0.4 is 9.62 Å². The summed E-state index contributed by atoms with van der Waals surface area (Å²) in [5.74, 6) is 3.51. The molecule has 0 amide bonds. The number of hydrogen-bond donors (Lipinski definition) is 1. The first-order valence-electron chi connectivity index (χ1n) is 8.94. The monoisotopic (exact) mass is 316 g/mol. The van der Waals surface area contributed by atoms with Crippen LogP contribution in [-0.2, 0) is 11.3 Å². The fraction of sp³-hybridized carbons (Fsp3) is 0.684. The maximum Gasteiger partial charge on any atom is 0.232 e. The van der Waals surface area contributed by atoms with Gasteiger partial charge in [0.2, 0.25) is 12.5 Å². The predicted molar refractivity (Wildman–Crippen MR) is 84.3 cm³/mol. The van der Waals surface area contributed by atoms with Crippen molar-refractivity contribution in [3.8, 4) is 11.5 Å². The van der Waals surface area contributed by atoms with E-state index in [9.17, 15) is 5.11 Å². The van der Waals surface area contributed by atoms with E-state index in [-0.39, 0.29) is 18.3 Å². The van der Waals surface area contributed by atoms with Gasteiger partial charge < -0.3 is 14.7 Å². The molecule has 0 radical (unpaired) electrons. The lowest BCUT2D eigenvalue weighted by atomic mass is 9.55. The molecule has 4 nitrogen and oxygen atoms in total. The van der Waals surface area contributed by atoms with E-state index in [1.165, 1.54) is 30.4 Å². The highest BCUT2D eigenvalue weighted by atomic mass is 17.2. The number of fused-ring (bicyclic) bond motifs is 6. The normalized spacial score (nSPS) is 41.0. The molecule has 2 fully saturated rings. The Morgan fingerprint density at radius 3 is 2.96 bits per heavy atom. The second kappa shape index (κ2) is 4.87. The molecule has 0 aromatic heterocycles. The lowest BCUT2D eigenvalue weighted by Gasteiger charge is -2.50. The molecule has 4 heteroatoms. The summed E-state index contributed by atoms with van der Waals surface area (Å²) in [6.45, 7) is 2.48. The molecule has 4 aliphatic rings. The van der Waals surface area contributed by atoms with Crippen LogP contribution in [0.2, 0.25) is 0 Å². The van der Waals surface area contributed by atoms with Gasteiger partial charge in [0.1, 0.15) is 0 Å². The molecule has 1 aliphatic heterocycles. The van der Waals surface area contributed by atoms with Crippen LogP contribution in [0.4, 0.5) is 0 Å². The highest BCUT2D eigenvalue weighted by Gasteiger charge is 2.54. The Morgan fingerprint density at radius 1 is 1.13 bits per heavy atom. The van der Waals surface area contributed by atoms with Crippen LogP contribution in [0.15, 0.2) is 12.1 Å². The van der Waals surface area contributed by atoms with Crippen molar-refractivity contribution in [2.45, 2.75) is 57.5 Å². The minimum absolute atomic E-state index is 0.104. The van der Waals surface area contributed by atoms with Gasteiger partial charge in [0, 0.05) is 0 Å². The topological polar surface area (TPSA) is 47.9 Å². The number of aliphatic hydroxyl groups is 1. The van der Waals surface area contributed by atoms with Gasteiger partial charge in [0.25, 0.3) is 0 Å². The molecule has 1 aromatic rings. The highest BCUT2D eigenvalue weighted by Crippen LogP contribution is 2.61. The molecule has 3 aliphatic carbocycles. The summed E-state index contributed by atoms with van der Waals surface area (Å²) in [4.78, 5) is 10.2. The fourth-order valence-electron chi connectivity index (χ4n) is 5.90. The predicted octanol–water partition coefficient (Wildman–Crippen LogP) is 3.56. The zero-order chi connectivity index (χ0) is 15.6. The van der Waals surface area contributed by atoms with Gasteiger partial charge in [0.15, 0.2) is 5.75 Å². The maximum atomic E-state index is 10.5. The van der Waals surface area contributed by atoms with Crippen molar-refractivity contribution in [2.24, 2.45) is 17.3 Å². The van der Waals surface area contributed by atoms with Crippen molar-refractivity contribution in [1.29, 1.82) is 0 Å². The van der Waals surface area contributed by atoms with Gasteiger partial charge in [-0.1, -0.05) is 6.92 Å². The van der Waals surface area contributed by atoms with Crippen molar-refractivity contribution in [2.75, 3.05) is 6.79 Å². The Morgan fingerprint density at radius 2 is 2.04 bits per heavy atom. The van der Waals surface area contributed by atoms with Gasteiger partial charge in [-0.05, 0) is 85.0 Å². The van der Waals surface area contributed by atoms with Crippen LogP contribution >= 0.6 is 0 Å². The molecule has 0 spiro atoms. The van der Waals surface area contributed by atoms with Gasteiger partial charge in [-0.2, -0.15) is 0 Å². The summed E-state index contributed by atoms with van der Waals surface area (Å²) < 4.78 is 5.61. The SMILES string of the molecule is C[C@]12CC[C@@H]3c4cc5c(cc4CC[C@H]3[C@@H]1CC[C@@H]2O)OOCO5. The number of rotatable bonds is 0. The summed E-state index contributed by atoms with van der Waals surface area (Å²) in [6, 6.07) is 4.30. The summed E-state index contributed by atoms with van der Waals surface area (Å²) in [5.41, 5.74) is 2.98. The third-order valence-corrected chi connectivity index (χ3v) is 7.15. The minimum atomic E-state index is -0.104. The van der Waals surface area contributed by atoms with E-state index < -0.39 is 0 Å². The van der Waals surface area contributed by atoms with E-state index >= 15 is 0 Å². The molecule has 1 heterocycles. The Labute approximate surface area is 136 Å². The molecular weight excluding hydrogens is 292 g/mol. The van der Waals surface area contributed by atoms with Gasteiger partial charge in [0.05, 0.1) is 6.10 Å². The van der Waals surface area contributed by atoms with Crippen LogP contribution in [-0.4, -0.2) is 18.0 Å². The van der Waals surface area contributed by atoms with Gasteiger partial charge >= 0.3 is 0 Å². The minimum Gasteiger partial charge on any atom is -0.459 e. The van der Waals surface area contributed by atoms with Crippen molar-refractivity contribution >= 4 is 0 Å². The molecule has 0 saturated heterocycles. The van der Waals surface area contributed by atoms with Crippen molar-refractivity contribution in [3.05, 3.63) is 23.3 Å². The van der Waals surface area contributed by atoms with E-state index in [0.717, 1.165) is 25.0 Å². The first-order chi connectivity index (χ1) is 11.2.